The molecule has 0 bridgehead atoms. The molecular formula is C19H21ClFN3O4S. The Labute approximate surface area is 173 Å². The molecule has 29 heavy (non-hydrogen) atoms. The van der Waals surface area contributed by atoms with Crippen LogP contribution in [0.4, 0.5) is 20.7 Å². The molecule has 0 fully saturated rings. The van der Waals surface area contributed by atoms with Crippen molar-refractivity contribution < 1.29 is 22.7 Å². The van der Waals surface area contributed by atoms with Crippen LogP contribution >= 0.6 is 11.6 Å². The zero-order valence-corrected chi connectivity index (χ0v) is 18.0. The van der Waals surface area contributed by atoms with Gasteiger partial charge in [0.15, 0.2) is 21.5 Å². The third-order valence-electron chi connectivity index (χ3n) is 4.10. The maximum atomic E-state index is 15.6. The van der Waals surface area contributed by atoms with Gasteiger partial charge in [-0.25, -0.2) is 32.5 Å². The van der Waals surface area contributed by atoms with E-state index in [2.05, 4.69) is 16.5 Å². The highest BCUT2D eigenvalue weighted by molar-refractivity contribution is 7.90. The van der Waals surface area contributed by atoms with Crippen LogP contribution in [0, 0.1) is 5.82 Å². The van der Waals surface area contributed by atoms with Crippen molar-refractivity contribution >= 4 is 39.0 Å². The average molecular weight is 442 g/mol. The van der Waals surface area contributed by atoms with Crippen LogP contribution in [0.1, 0.15) is 31.9 Å². The Morgan fingerprint density at radius 2 is 1.97 bits per heavy atom. The van der Waals surface area contributed by atoms with Crippen LogP contribution in [-0.2, 0) is 21.7 Å². The van der Waals surface area contributed by atoms with Gasteiger partial charge >= 0.3 is 6.09 Å². The lowest BCUT2D eigenvalue weighted by atomic mass is 9.86. The van der Waals surface area contributed by atoms with Gasteiger partial charge in [-0.1, -0.05) is 38.4 Å². The predicted molar refractivity (Wildman–Crippen MR) is 109 cm³/mol. The first-order valence-corrected chi connectivity index (χ1v) is 10.7. The number of carbonyl (C=O) groups is 1. The second-order valence-corrected chi connectivity index (χ2v) is 9.71. The highest BCUT2D eigenvalue weighted by atomic mass is 35.5. The summed E-state index contributed by atoms with van der Waals surface area (Å²) in [5.41, 5.74) is -1.16. The van der Waals surface area contributed by atoms with E-state index in [-0.39, 0.29) is 39.1 Å². The summed E-state index contributed by atoms with van der Waals surface area (Å²) < 4.78 is 40.0. The molecule has 0 unspecified atom stereocenters. The number of halogens is 2. The number of aromatic nitrogens is 2. The van der Waals surface area contributed by atoms with E-state index in [1.54, 1.807) is 20.8 Å². The lowest BCUT2D eigenvalue weighted by molar-refractivity contribution is 0.204. The summed E-state index contributed by atoms with van der Waals surface area (Å²) in [5.74, 6) is -1.11. The molecule has 0 saturated heterocycles. The maximum Gasteiger partial charge on any atom is 0.417 e. The Balaban J connectivity index is 2.89. The minimum atomic E-state index is -3.76. The van der Waals surface area contributed by atoms with E-state index in [9.17, 15) is 18.3 Å². The molecule has 1 N–H and O–H groups in total. The fourth-order valence-corrected chi connectivity index (χ4v) is 4.22. The van der Waals surface area contributed by atoms with Gasteiger partial charge in [0.2, 0.25) is 0 Å². The van der Waals surface area contributed by atoms with Crippen molar-refractivity contribution in [3.05, 3.63) is 53.2 Å². The monoisotopic (exact) mass is 441 g/mol. The molecular weight excluding hydrogens is 421 g/mol. The Bertz CT molecular complexity index is 1080. The van der Waals surface area contributed by atoms with Gasteiger partial charge in [0.25, 0.3) is 0 Å². The van der Waals surface area contributed by atoms with E-state index < -0.39 is 27.2 Å². The zero-order valence-electron chi connectivity index (χ0n) is 16.4. The first-order chi connectivity index (χ1) is 13.3. The summed E-state index contributed by atoms with van der Waals surface area (Å²) in [4.78, 5) is 20.3. The molecule has 2 aromatic rings. The van der Waals surface area contributed by atoms with Gasteiger partial charge in [0.05, 0.1) is 10.6 Å². The van der Waals surface area contributed by atoms with Crippen LogP contribution in [0.3, 0.4) is 0 Å². The lowest BCUT2D eigenvalue weighted by Gasteiger charge is -2.27. The molecule has 7 nitrogen and oxygen atoms in total. The normalized spacial score (nSPS) is 11.9. The average Bonchev–Trinajstić information content (AvgIpc) is 2.56. The minimum Gasteiger partial charge on any atom is -0.464 e. The van der Waals surface area contributed by atoms with Crippen molar-refractivity contribution in [2.75, 3.05) is 11.2 Å². The second kappa shape index (κ2) is 8.08. The first kappa shape index (κ1) is 22.8. The van der Waals surface area contributed by atoms with Crippen LogP contribution in [0.2, 0.25) is 5.15 Å². The summed E-state index contributed by atoms with van der Waals surface area (Å²) in [7, 11) is -3.76. The Morgan fingerprint density at radius 1 is 1.34 bits per heavy atom. The van der Waals surface area contributed by atoms with Crippen molar-refractivity contribution in [2.24, 2.45) is 0 Å². The van der Waals surface area contributed by atoms with Crippen LogP contribution in [-0.4, -0.2) is 35.8 Å². The van der Waals surface area contributed by atoms with Gasteiger partial charge in [0.1, 0.15) is 11.5 Å². The van der Waals surface area contributed by atoms with Gasteiger partial charge in [-0.15, -0.1) is 6.58 Å². The number of allylic oxidation sites excluding steroid dienone is 1. The summed E-state index contributed by atoms with van der Waals surface area (Å²) in [6.07, 6.45) is 2.15. The van der Waals surface area contributed by atoms with Crippen LogP contribution in [0.25, 0.3) is 0 Å². The SMILES string of the molecule is C=CCc1c(Cl)ncnc1N(C(=O)O)c1ccc(S(C)(=O)=O)c(C(C)(C)C)c1F. The molecule has 0 saturated carbocycles. The summed E-state index contributed by atoms with van der Waals surface area (Å²) in [5, 5.41) is 9.83. The van der Waals surface area contributed by atoms with Crippen LogP contribution in [0.15, 0.2) is 36.0 Å². The molecule has 0 atom stereocenters. The van der Waals surface area contributed by atoms with Gasteiger partial charge in [0, 0.05) is 17.4 Å². The molecule has 1 aromatic carbocycles. The number of amides is 1. The quantitative estimate of drug-likeness (QED) is 0.541. The number of hydrogen-bond acceptors (Lipinski definition) is 5. The van der Waals surface area contributed by atoms with E-state index in [1.807, 2.05) is 0 Å². The highest BCUT2D eigenvalue weighted by Crippen LogP contribution is 2.39. The third kappa shape index (κ3) is 4.56. The fraction of sp³-hybridized carbons (Fsp3) is 0.316. The van der Waals surface area contributed by atoms with E-state index in [0.29, 0.717) is 4.90 Å². The zero-order chi connectivity index (χ0) is 22.1. The van der Waals surface area contributed by atoms with E-state index in [1.165, 1.54) is 12.1 Å². The molecule has 0 aliphatic heterocycles. The number of benzene rings is 1. The summed E-state index contributed by atoms with van der Waals surface area (Å²) >= 11 is 6.08. The third-order valence-corrected chi connectivity index (χ3v) is 5.56. The van der Waals surface area contributed by atoms with Gasteiger partial charge in [-0.05, 0) is 24.0 Å². The molecule has 2 rings (SSSR count). The number of sulfone groups is 1. The first-order valence-electron chi connectivity index (χ1n) is 8.47. The van der Waals surface area contributed by atoms with E-state index in [0.717, 1.165) is 18.6 Å². The van der Waals surface area contributed by atoms with Crippen LogP contribution in [0.5, 0.6) is 0 Å². The number of rotatable bonds is 5. The van der Waals surface area contributed by atoms with Gasteiger partial charge < -0.3 is 5.11 Å². The molecule has 10 heteroatoms. The Kier molecular flexibility index (Phi) is 6.34. The molecule has 0 radical (unpaired) electrons. The van der Waals surface area contributed by atoms with Crippen LogP contribution < -0.4 is 4.90 Å². The fourth-order valence-electron chi connectivity index (χ4n) is 2.93. The topological polar surface area (TPSA) is 100 Å². The molecule has 0 aliphatic carbocycles. The molecule has 1 amide bonds. The summed E-state index contributed by atoms with van der Waals surface area (Å²) in [6.45, 7) is 8.51. The minimum absolute atomic E-state index is 0.00496. The smallest absolute Gasteiger partial charge is 0.417 e. The number of anilines is 2. The molecule has 1 aromatic heterocycles. The van der Waals surface area contributed by atoms with Crippen molar-refractivity contribution in [1.82, 2.24) is 9.97 Å². The molecule has 0 aliphatic rings. The number of carboxylic acid groups (broad SMARTS) is 1. The predicted octanol–water partition coefficient (Wildman–Crippen LogP) is 4.51. The van der Waals surface area contributed by atoms with Crippen molar-refractivity contribution in [2.45, 2.75) is 37.5 Å². The Morgan fingerprint density at radius 3 is 2.45 bits per heavy atom. The van der Waals surface area contributed by atoms with E-state index in [4.69, 9.17) is 11.6 Å². The van der Waals surface area contributed by atoms with Gasteiger partial charge in [-0.3, -0.25) is 0 Å². The number of hydrogen-bond donors (Lipinski definition) is 1. The van der Waals surface area contributed by atoms with Gasteiger partial charge in [-0.2, -0.15) is 0 Å². The van der Waals surface area contributed by atoms with E-state index >= 15 is 4.39 Å². The van der Waals surface area contributed by atoms with Crippen molar-refractivity contribution in [3.63, 3.8) is 0 Å². The number of nitrogens with zero attached hydrogens (tertiary/aromatic N) is 3. The van der Waals surface area contributed by atoms with Crippen molar-refractivity contribution in [3.8, 4) is 0 Å². The highest BCUT2D eigenvalue weighted by Gasteiger charge is 2.33. The molecule has 1 heterocycles. The second-order valence-electron chi connectivity index (χ2n) is 7.37. The molecule has 156 valence electrons. The maximum absolute atomic E-state index is 15.6. The largest absolute Gasteiger partial charge is 0.464 e. The van der Waals surface area contributed by atoms with Crippen molar-refractivity contribution in [1.29, 1.82) is 0 Å². The Hall–Kier alpha value is -2.52. The summed E-state index contributed by atoms with van der Waals surface area (Å²) in [6, 6.07) is 2.29. The standard InChI is InChI=1S/C19H21ClFN3O4S/c1-6-7-11-16(20)22-10-23-17(11)24(18(25)26)12-8-9-13(29(5,27)28)14(15(12)21)19(2,3)4/h6,8-10H,1,7H2,2-5H3,(H,25,26). The lowest BCUT2D eigenvalue weighted by Crippen LogP contribution is -2.29. The molecule has 0 spiro atoms.